The molecule has 2 rings (SSSR count). The highest BCUT2D eigenvalue weighted by atomic mass is 79.9. The molecular formula is C18H8Br2O2. The highest BCUT2D eigenvalue weighted by Crippen LogP contribution is 2.08. The van der Waals surface area contributed by atoms with Crippen molar-refractivity contribution in [2.24, 2.45) is 0 Å². The number of halogens is 2. The van der Waals surface area contributed by atoms with Crippen molar-refractivity contribution in [3.63, 3.8) is 0 Å². The van der Waals surface area contributed by atoms with Crippen LogP contribution in [0.1, 0.15) is 31.8 Å². The van der Waals surface area contributed by atoms with E-state index in [1.165, 1.54) is 0 Å². The summed E-state index contributed by atoms with van der Waals surface area (Å²) < 4.78 is -0.311. The summed E-state index contributed by atoms with van der Waals surface area (Å²) in [7, 11) is 0. The smallest absolute Gasteiger partial charge is 0.228 e. The Balaban J connectivity index is 2.07. The number of benzene rings is 2. The van der Waals surface area contributed by atoms with E-state index in [4.69, 9.17) is 0 Å². The van der Waals surface area contributed by atoms with E-state index in [9.17, 15) is 9.59 Å². The molecule has 0 fully saturated rings. The van der Waals surface area contributed by atoms with Crippen LogP contribution in [0.25, 0.3) is 0 Å². The molecule has 0 heterocycles. The Morgan fingerprint density at radius 2 is 0.955 bits per heavy atom. The lowest BCUT2D eigenvalue weighted by atomic mass is 10.1. The predicted octanol–water partition coefficient (Wildman–Crippen LogP) is 4.16. The van der Waals surface area contributed by atoms with Gasteiger partial charge in [-0.2, -0.15) is 0 Å². The van der Waals surface area contributed by atoms with E-state index in [0.717, 1.165) is 11.1 Å². The predicted molar refractivity (Wildman–Crippen MR) is 93.2 cm³/mol. The number of carbonyl (C=O) groups is 2. The first kappa shape index (κ1) is 16.2. The Labute approximate surface area is 145 Å². The van der Waals surface area contributed by atoms with Crippen LogP contribution in [-0.2, 0) is 0 Å². The summed E-state index contributed by atoms with van der Waals surface area (Å²) in [5.74, 6) is 11.3. The lowest BCUT2D eigenvalue weighted by Gasteiger charge is -1.93. The van der Waals surface area contributed by atoms with Crippen molar-refractivity contribution in [1.29, 1.82) is 0 Å². The molecule has 4 heteroatoms. The van der Waals surface area contributed by atoms with Gasteiger partial charge in [0, 0.05) is 22.3 Å². The van der Waals surface area contributed by atoms with Crippen LogP contribution in [-0.4, -0.2) is 9.39 Å². The summed E-state index contributed by atoms with van der Waals surface area (Å²) in [6, 6.07) is 13.8. The van der Waals surface area contributed by atoms with E-state index < -0.39 is 0 Å². The molecule has 0 radical (unpaired) electrons. The highest BCUT2D eigenvalue weighted by Gasteiger charge is 1.99. The van der Waals surface area contributed by atoms with Crippen molar-refractivity contribution in [3.8, 4) is 23.7 Å². The van der Waals surface area contributed by atoms with Gasteiger partial charge in [-0.25, -0.2) is 0 Å². The fourth-order valence-electron chi connectivity index (χ4n) is 1.58. The monoisotopic (exact) mass is 414 g/mol. The Hall–Kier alpha value is -2.14. The zero-order chi connectivity index (χ0) is 15.9. The normalized spacial score (nSPS) is 9.00. The lowest BCUT2D eigenvalue weighted by Crippen LogP contribution is -1.87. The Morgan fingerprint density at radius 1 is 0.636 bits per heavy atom. The van der Waals surface area contributed by atoms with Crippen LogP contribution in [0, 0.1) is 23.7 Å². The SMILES string of the molecule is O=C(Br)c1ccc(C#CC#Cc2ccc(C(=O)Br)cc2)cc1. The molecule has 0 saturated carbocycles. The van der Waals surface area contributed by atoms with Crippen molar-refractivity contribution in [2.45, 2.75) is 0 Å². The number of hydrogen-bond donors (Lipinski definition) is 0. The molecule has 0 aromatic heterocycles. The number of carbonyl (C=O) groups excluding carboxylic acids is 2. The van der Waals surface area contributed by atoms with Gasteiger partial charge in [-0.3, -0.25) is 9.59 Å². The largest absolute Gasteiger partial charge is 0.281 e. The molecule has 0 aliphatic heterocycles. The van der Waals surface area contributed by atoms with Crippen molar-refractivity contribution >= 4 is 41.2 Å². The van der Waals surface area contributed by atoms with Crippen LogP contribution in [0.5, 0.6) is 0 Å². The summed E-state index contributed by atoms with van der Waals surface area (Å²) in [4.78, 5) is 22.1. The minimum atomic E-state index is -0.155. The van der Waals surface area contributed by atoms with E-state index in [0.29, 0.717) is 11.1 Å². The van der Waals surface area contributed by atoms with Crippen molar-refractivity contribution in [1.82, 2.24) is 0 Å². The standard InChI is InChI=1S/C18H8Br2O2/c19-17(21)15-9-5-13(6-10-15)3-1-2-4-14-7-11-16(12-8-14)18(20)22/h5-12H. The minimum absolute atomic E-state index is 0.155. The van der Waals surface area contributed by atoms with Crippen molar-refractivity contribution in [2.75, 3.05) is 0 Å². The third-order valence-electron chi connectivity index (χ3n) is 2.70. The van der Waals surface area contributed by atoms with Gasteiger partial charge in [-0.05, 0) is 92.2 Å². The lowest BCUT2D eigenvalue weighted by molar-refractivity contribution is 0.108. The van der Waals surface area contributed by atoms with Crippen LogP contribution in [0.4, 0.5) is 0 Å². The molecule has 106 valence electrons. The van der Waals surface area contributed by atoms with E-state index in [-0.39, 0.29) is 9.39 Å². The zero-order valence-corrected chi connectivity index (χ0v) is 14.4. The summed E-state index contributed by atoms with van der Waals surface area (Å²) in [5, 5.41) is 0. The molecule has 0 spiro atoms. The molecule has 0 amide bonds. The average Bonchev–Trinajstić information content (AvgIpc) is 2.52. The van der Waals surface area contributed by atoms with Gasteiger partial charge in [0.25, 0.3) is 0 Å². The zero-order valence-electron chi connectivity index (χ0n) is 11.2. The van der Waals surface area contributed by atoms with Crippen LogP contribution in [0.2, 0.25) is 0 Å². The quantitative estimate of drug-likeness (QED) is 0.545. The Bertz CT molecular complexity index is 754. The maximum atomic E-state index is 11.1. The van der Waals surface area contributed by atoms with Gasteiger partial charge >= 0.3 is 0 Å². The number of rotatable bonds is 2. The molecular weight excluding hydrogens is 408 g/mol. The van der Waals surface area contributed by atoms with E-state index in [1.54, 1.807) is 48.5 Å². The highest BCUT2D eigenvalue weighted by molar-refractivity contribution is 9.18. The van der Waals surface area contributed by atoms with Crippen LogP contribution in [0.3, 0.4) is 0 Å². The molecule has 0 bridgehead atoms. The third-order valence-corrected chi connectivity index (χ3v) is 3.62. The third kappa shape index (κ3) is 4.70. The van der Waals surface area contributed by atoms with Gasteiger partial charge in [0.2, 0.25) is 9.39 Å². The first-order valence-corrected chi connectivity index (χ1v) is 7.76. The molecule has 22 heavy (non-hydrogen) atoms. The van der Waals surface area contributed by atoms with E-state index in [2.05, 4.69) is 55.5 Å². The molecule has 0 atom stereocenters. The molecule has 0 saturated heterocycles. The molecule has 2 nitrogen and oxygen atoms in total. The average molecular weight is 416 g/mol. The fraction of sp³-hybridized carbons (Fsp3) is 0. The minimum Gasteiger partial charge on any atom is -0.281 e. The topological polar surface area (TPSA) is 34.1 Å². The molecule has 0 unspecified atom stereocenters. The van der Waals surface area contributed by atoms with Gasteiger partial charge in [0.05, 0.1) is 0 Å². The Morgan fingerprint density at radius 3 is 1.23 bits per heavy atom. The first-order valence-electron chi connectivity index (χ1n) is 6.18. The molecule has 0 N–H and O–H groups in total. The second-order valence-corrected chi connectivity index (χ2v) is 5.64. The number of hydrogen-bond acceptors (Lipinski definition) is 2. The van der Waals surface area contributed by atoms with Crippen LogP contribution in [0.15, 0.2) is 48.5 Å². The van der Waals surface area contributed by atoms with Crippen molar-refractivity contribution < 1.29 is 9.59 Å². The van der Waals surface area contributed by atoms with Gasteiger partial charge in [-0.15, -0.1) is 0 Å². The van der Waals surface area contributed by atoms with Crippen LogP contribution < -0.4 is 0 Å². The molecule has 0 aliphatic carbocycles. The molecule has 2 aromatic rings. The van der Waals surface area contributed by atoms with Gasteiger partial charge < -0.3 is 0 Å². The van der Waals surface area contributed by atoms with E-state index >= 15 is 0 Å². The van der Waals surface area contributed by atoms with Gasteiger partial charge in [0.1, 0.15) is 0 Å². The second kappa shape index (κ2) is 7.75. The van der Waals surface area contributed by atoms with Crippen molar-refractivity contribution in [3.05, 3.63) is 70.8 Å². The first-order chi connectivity index (χ1) is 10.6. The van der Waals surface area contributed by atoms with Gasteiger partial charge in [0.15, 0.2) is 0 Å². The molecule has 0 aliphatic rings. The summed E-state index contributed by atoms with van der Waals surface area (Å²) >= 11 is 5.78. The molecule has 2 aromatic carbocycles. The van der Waals surface area contributed by atoms with Gasteiger partial charge in [-0.1, -0.05) is 11.8 Å². The maximum absolute atomic E-state index is 11.1. The summed E-state index contributed by atoms with van der Waals surface area (Å²) in [6.45, 7) is 0. The fourth-order valence-corrected chi connectivity index (χ4v) is 2.10. The summed E-state index contributed by atoms with van der Waals surface area (Å²) in [5.41, 5.74) is 2.73. The second-order valence-electron chi connectivity index (χ2n) is 4.20. The Kier molecular flexibility index (Phi) is 5.72. The van der Waals surface area contributed by atoms with E-state index in [1.807, 2.05) is 0 Å². The summed E-state index contributed by atoms with van der Waals surface area (Å²) in [6.07, 6.45) is 0. The van der Waals surface area contributed by atoms with Crippen LogP contribution >= 0.6 is 31.9 Å². The maximum Gasteiger partial charge on any atom is 0.228 e.